The zero-order valence-electron chi connectivity index (χ0n) is 8.76. The van der Waals surface area contributed by atoms with E-state index in [2.05, 4.69) is 29.1 Å². The number of amides is 1. The van der Waals surface area contributed by atoms with Gasteiger partial charge in [-0.2, -0.15) is 5.10 Å². The fourth-order valence-electron chi connectivity index (χ4n) is 0.941. The predicted molar refractivity (Wildman–Crippen MR) is 52.7 cm³/mol. The average Bonchev–Trinajstić information content (AvgIpc) is 2.00. The Bertz CT molecular complexity index is 188. The Morgan fingerprint density at radius 2 is 2.15 bits per heavy atom. The van der Waals surface area contributed by atoms with E-state index in [-0.39, 0.29) is 0 Å². The molecule has 1 N–H and O–H groups in total. The molecule has 0 aliphatic rings. The molecule has 0 aliphatic carbocycles. The lowest BCUT2D eigenvalue weighted by atomic mass is 10.1. The molecule has 0 saturated heterocycles. The summed E-state index contributed by atoms with van der Waals surface area (Å²) in [5, 5.41) is 3.87. The number of carbonyl (C=O) groups excluding carboxylic acids is 1. The van der Waals surface area contributed by atoms with Crippen LogP contribution in [-0.4, -0.2) is 18.4 Å². The maximum Gasteiger partial charge on any atom is 0.427 e. The van der Waals surface area contributed by atoms with Crippen molar-refractivity contribution < 1.29 is 9.53 Å². The van der Waals surface area contributed by atoms with Crippen LogP contribution in [0.1, 0.15) is 34.1 Å². The van der Waals surface area contributed by atoms with Crippen LogP contribution in [0.5, 0.6) is 0 Å². The van der Waals surface area contributed by atoms with E-state index in [4.69, 9.17) is 0 Å². The highest BCUT2D eigenvalue weighted by Crippen LogP contribution is 2.00. The molecule has 0 rings (SSSR count). The molecule has 13 heavy (non-hydrogen) atoms. The number of nitrogens with one attached hydrogen (secondary N) is 1. The van der Waals surface area contributed by atoms with Crippen molar-refractivity contribution in [2.45, 2.75) is 34.1 Å². The van der Waals surface area contributed by atoms with E-state index >= 15 is 0 Å². The summed E-state index contributed by atoms with van der Waals surface area (Å²) in [6, 6.07) is 0. The van der Waals surface area contributed by atoms with Gasteiger partial charge in [-0.3, -0.25) is 0 Å². The van der Waals surface area contributed by atoms with Gasteiger partial charge in [-0.1, -0.05) is 13.8 Å². The van der Waals surface area contributed by atoms with Crippen molar-refractivity contribution in [1.29, 1.82) is 0 Å². The highest BCUT2D eigenvalue weighted by Gasteiger charge is 1.99. The predicted octanol–water partition coefficient (Wildman–Crippen LogP) is 2.15. The Labute approximate surface area is 79.3 Å². The van der Waals surface area contributed by atoms with E-state index < -0.39 is 6.09 Å². The molecule has 0 fully saturated rings. The van der Waals surface area contributed by atoms with E-state index in [0.717, 1.165) is 12.1 Å². The maximum absolute atomic E-state index is 10.8. The average molecular weight is 186 g/mol. The van der Waals surface area contributed by atoms with Crippen LogP contribution in [0.25, 0.3) is 0 Å². The molecule has 0 aliphatic heterocycles. The van der Waals surface area contributed by atoms with Crippen molar-refractivity contribution in [1.82, 2.24) is 5.43 Å². The van der Waals surface area contributed by atoms with Gasteiger partial charge in [-0.05, 0) is 26.2 Å². The summed E-state index contributed by atoms with van der Waals surface area (Å²) in [5.74, 6) is 0.549. The number of ether oxygens (including phenoxy) is 1. The van der Waals surface area contributed by atoms with Gasteiger partial charge in [0.05, 0.1) is 6.61 Å². The second kappa shape index (κ2) is 6.46. The minimum Gasteiger partial charge on any atom is -0.449 e. The lowest BCUT2D eigenvalue weighted by Gasteiger charge is -2.04. The molecule has 0 atom stereocenters. The highest BCUT2D eigenvalue weighted by atomic mass is 16.5. The second-order valence-electron chi connectivity index (χ2n) is 3.28. The van der Waals surface area contributed by atoms with Gasteiger partial charge in [0.1, 0.15) is 0 Å². The Hall–Kier alpha value is -1.06. The van der Waals surface area contributed by atoms with Crippen LogP contribution in [0.2, 0.25) is 0 Å². The summed E-state index contributed by atoms with van der Waals surface area (Å²) < 4.78 is 4.64. The van der Waals surface area contributed by atoms with Gasteiger partial charge in [0.15, 0.2) is 0 Å². The van der Waals surface area contributed by atoms with Crippen LogP contribution in [0.3, 0.4) is 0 Å². The smallest absolute Gasteiger partial charge is 0.427 e. The van der Waals surface area contributed by atoms with Gasteiger partial charge in [0.25, 0.3) is 0 Å². The van der Waals surface area contributed by atoms with E-state index in [9.17, 15) is 4.79 Å². The van der Waals surface area contributed by atoms with E-state index in [1.54, 1.807) is 6.92 Å². The third-order valence-corrected chi connectivity index (χ3v) is 1.32. The van der Waals surface area contributed by atoms with Crippen molar-refractivity contribution in [2.24, 2.45) is 11.0 Å². The van der Waals surface area contributed by atoms with E-state index in [0.29, 0.717) is 12.5 Å². The lowest BCUT2D eigenvalue weighted by molar-refractivity contribution is 0.152. The SMILES string of the molecule is CCOC(=O)N/N=C(\C)CC(C)C. The molecular weight excluding hydrogens is 168 g/mol. The fourth-order valence-corrected chi connectivity index (χ4v) is 0.941. The molecule has 0 spiro atoms. The molecule has 4 nitrogen and oxygen atoms in total. The number of nitrogens with zero attached hydrogens (tertiary/aromatic N) is 1. The van der Waals surface area contributed by atoms with E-state index in [1.807, 2.05) is 6.92 Å². The maximum atomic E-state index is 10.8. The van der Waals surface area contributed by atoms with Crippen LogP contribution in [0.4, 0.5) is 4.79 Å². The molecule has 0 unspecified atom stereocenters. The molecule has 0 aromatic carbocycles. The van der Waals surface area contributed by atoms with Crippen LogP contribution in [-0.2, 0) is 4.74 Å². The van der Waals surface area contributed by atoms with Gasteiger partial charge in [0.2, 0.25) is 0 Å². The van der Waals surface area contributed by atoms with Gasteiger partial charge in [0, 0.05) is 5.71 Å². The molecular formula is C9H18N2O2. The molecule has 0 saturated carbocycles. The topological polar surface area (TPSA) is 50.7 Å². The van der Waals surface area contributed by atoms with Crippen LogP contribution >= 0.6 is 0 Å². The van der Waals surface area contributed by atoms with Crippen molar-refractivity contribution in [3.8, 4) is 0 Å². The summed E-state index contributed by atoms with van der Waals surface area (Å²) in [7, 11) is 0. The zero-order valence-corrected chi connectivity index (χ0v) is 8.76. The highest BCUT2D eigenvalue weighted by molar-refractivity contribution is 5.83. The summed E-state index contributed by atoms with van der Waals surface area (Å²) in [6.07, 6.45) is 0.387. The first kappa shape index (κ1) is 11.9. The molecule has 76 valence electrons. The van der Waals surface area contributed by atoms with Crippen molar-refractivity contribution in [2.75, 3.05) is 6.61 Å². The molecule has 0 aromatic heterocycles. The Kier molecular flexibility index (Phi) is 5.93. The molecule has 0 aromatic rings. The molecule has 0 heterocycles. The fraction of sp³-hybridized carbons (Fsp3) is 0.778. The normalized spacial score (nSPS) is 11.6. The first-order valence-corrected chi connectivity index (χ1v) is 4.52. The second-order valence-corrected chi connectivity index (χ2v) is 3.28. The number of hydrazone groups is 1. The molecule has 0 bridgehead atoms. The van der Waals surface area contributed by atoms with Gasteiger partial charge in [-0.25, -0.2) is 10.2 Å². The summed E-state index contributed by atoms with van der Waals surface area (Å²) >= 11 is 0. The largest absolute Gasteiger partial charge is 0.449 e. The van der Waals surface area contributed by atoms with Gasteiger partial charge < -0.3 is 4.74 Å². The van der Waals surface area contributed by atoms with Crippen LogP contribution < -0.4 is 5.43 Å². The Morgan fingerprint density at radius 3 is 2.62 bits per heavy atom. The van der Waals surface area contributed by atoms with Crippen LogP contribution in [0, 0.1) is 5.92 Å². The molecule has 1 amide bonds. The van der Waals surface area contributed by atoms with Crippen molar-refractivity contribution in [3.05, 3.63) is 0 Å². The number of hydrogen-bond donors (Lipinski definition) is 1. The number of hydrogen-bond acceptors (Lipinski definition) is 3. The van der Waals surface area contributed by atoms with Gasteiger partial charge in [-0.15, -0.1) is 0 Å². The third kappa shape index (κ3) is 7.31. The lowest BCUT2D eigenvalue weighted by Crippen LogP contribution is -2.20. The number of rotatable bonds is 4. The van der Waals surface area contributed by atoms with Gasteiger partial charge >= 0.3 is 6.09 Å². The van der Waals surface area contributed by atoms with Crippen LogP contribution in [0.15, 0.2) is 5.10 Å². The standard InChI is InChI=1S/C9H18N2O2/c1-5-13-9(12)11-10-8(4)6-7(2)3/h7H,5-6H2,1-4H3,(H,11,12)/b10-8+. The zero-order chi connectivity index (χ0) is 10.3. The minimum atomic E-state index is -0.495. The quantitative estimate of drug-likeness (QED) is 0.540. The van der Waals surface area contributed by atoms with Crippen molar-refractivity contribution >= 4 is 11.8 Å². The summed E-state index contributed by atoms with van der Waals surface area (Å²) in [4.78, 5) is 10.8. The monoisotopic (exact) mass is 186 g/mol. The first-order valence-electron chi connectivity index (χ1n) is 4.52. The molecule has 0 radical (unpaired) electrons. The first-order chi connectivity index (χ1) is 6.06. The Morgan fingerprint density at radius 1 is 1.54 bits per heavy atom. The third-order valence-electron chi connectivity index (χ3n) is 1.32. The van der Waals surface area contributed by atoms with E-state index in [1.165, 1.54) is 0 Å². The minimum absolute atomic E-state index is 0.366. The molecule has 4 heteroatoms. The van der Waals surface area contributed by atoms with Crippen molar-refractivity contribution in [3.63, 3.8) is 0 Å². The summed E-state index contributed by atoms with van der Waals surface area (Å²) in [6.45, 7) is 8.20. The summed E-state index contributed by atoms with van der Waals surface area (Å²) in [5.41, 5.74) is 3.22. The number of carbonyl (C=O) groups is 1. The Balaban J connectivity index is 3.75.